The molecular weight excluding hydrogens is 342 g/mol. The Labute approximate surface area is 162 Å². The van der Waals surface area contributed by atoms with Gasteiger partial charge in [-0.05, 0) is 45.1 Å². The first-order valence-corrected chi connectivity index (χ1v) is 9.89. The van der Waals surface area contributed by atoms with Gasteiger partial charge in [-0.1, -0.05) is 38.1 Å². The molecule has 1 aromatic carbocycles. The SMILES string of the molecule is CC(C)c1ccc(C(=O)C2CC3COCC(C2)N3C(=O)OC(C)(C)C)cc1. The number of benzene rings is 1. The molecule has 1 amide bonds. The molecular formula is C22H31NO4. The van der Waals surface area contributed by atoms with Crippen LogP contribution in [0.15, 0.2) is 24.3 Å². The van der Waals surface area contributed by atoms with Crippen molar-refractivity contribution < 1.29 is 19.1 Å². The third-order valence-corrected chi connectivity index (χ3v) is 5.36. The maximum absolute atomic E-state index is 13.0. The van der Waals surface area contributed by atoms with E-state index in [1.807, 2.05) is 45.0 Å². The summed E-state index contributed by atoms with van der Waals surface area (Å²) >= 11 is 0. The zero-order chi connectivity index (χ0) is 19.8. The third-order valence-electron chi connectivity index (χ3n) is 5.36. The fourth-order valence-corrected chi connectivity index (χ4v) is 4.01. The molecule has 148 valence electrons. The number of nitrogens with zero attached hydrogens (tertiary/aromatic N) is 1. The standard InChI is InChI=1S/C22H31NO4/c1-14(2)15-6-8-16(9-7-15)20(24)17-10-18-12-26-13-19(11-17)23(18)21(25)27-22(3,4)5/h6-9,14,17-19H,10-13H2,1-5H3. The Morgan fingerprint density at radius 2 is 1.63 bits per heavy atom. The normalized spacial score (nSPS) is 25.4. The Kier molecular flexibility index (Phi) is 5.61. The molecule has 2 bridgehead atoms. The lowest BCUT2D eigenvalue weighted by molar-refractivity contribution is -0.0861. The second-order valence-electron chi connectivity index (χ2n) is 9.04. The van der Waals surface area contributed by atoms with Crippen molar-refractivity contribution in [1.29, 1.82) is 0 Å². The average molecular weight is 373 g/mol. The third kappa shape index (κ3) is 4.52. The molecule has 2 unspecified atom stereocenters. The molecule has 0 saturated carbocycles. The maximum atomic E-state index is 13.0. The van der Waals surface area contributed by atoms with Crippen LogP contribution >= 0.6 is 0 Å². The van der Waals surface area contributed by atoms with Crippen LogP contribution in [0.2, 0.25) is 0 Å². The van der Waals surface area contributed by atoms with Crippen LogP contribution in [0.3, 0.4) is 0 Å². The zero-order valence-electron chi connectivity index (χ0n) is 17.0. The van der Waals surface area contributed by atoms with Crippen molar-refractivity contribution in [1.82, 2.24) is 4.90 Å². The van der Waals surface area contributed by atoms with Gasteiger partial charge in [0.2, 0.25) is 0 Å². The summed E-state index contributed by atoms with van der Waals surface area (Å²) in [5.74, 6) is 0.543. The Bertz CT molecular complexity index is 675. The van der Waals surface area contributed by atoms with E-state index in [-0.39, 0.29) is 29.9 Å². The van der Waals surface area contributed by atoms with Gasteiger partial charge in [-0.3, -0.25) is 9.69 Å². The first-order valence-electron chi connectivity index (χ1n) is 9.89. The van der Waals surface area contributed by atoms with Gasteiger partial charge >= 0.3 is 6.09 Å². The second kappa shape index (κ2) is 7.63. The molecule has 3 rings (SSSR count). The van der Waals surface area contributed by atoms with Gasteiger partial charge in [-0.2, -0.15) is 0 Å². The molecule has 27 heavy (non-hydrogen) atoms. The van der Waals surface area contributed by atoms with E-state index in [0.717, 1.165) is 5.56 Å². The predicted molar refractivity (Wildman–Crippen MR) is 104 cm³/mol. The summed E-state index contributed by atoms with van der Waals surface area (Å²) in [4.78, 5) is 27.5. The summed E-state index contributed by atoms with van der Waals surface area (Å²) in [6.07, 6.45) is 0.953. The molecule has 0 spiro atoms. The molecule has 5 heteroatoms. The summed E-state index contributed by atoms with van der Waals surface area (Å²) in [6, 6.07) is 7.75. The second-order valence-corrected chi connectivity index (χ2v) is 9.04. The van der Waals surface area contributed by atoms with Crippen molar-refractivity contribution >= 4 is 11.9 Å². The fraction of sp³-hybridized carbons (Fsp3) is 0.636. The quantitative estimate of drug-likeness (QED) is 0.737. The molecule has 2 aliphatic heterocycles. The van der Waals surface area contributed by atoms with Crippen LogP contribution < -0.4 is 0 Å². The number of hydrogen-bond donors (Lipinski definition) is 0. The lowest BCUT2D eigenvalue weighted by Crippen LogP contribution is -2.60. The van der Waals surface area contributed by atoms with Gasteiger partial charge in [0.25, 0.3) is 0 Å². The number of Topliss-reactive ketones (excluding diaryl/α,β-unsaturated/α-hetero) is 1. The van der Waals surface area contributed by atoms with E-state index in [1.165, 1.54) is 5.56 Å². The zero-order valence-corrected chi connectivity index (χ0v) is 17.0. The van der Waals surface area contributed by atoms with Crippen LogP contribution in [0, 0.1) is 5.92 Å². The number of carbonyl (C=O) groups is 2. The van der Waals surface area contributed by atoms with Crippen LogP contribution in [0.1, 0.15) is 69.3 Å². The summed E-state index contributed by atoms with van der Waals surface area (Å²) < 4.78 is 11.2. The first kappa shape index (κ1) is 19.9. The minimum atomic E-state index is -0.531. The van der Waals surface area contributed by atoms with E-state index < -0.39 is 5.60 Å². The van der Waals surface area contributed by atoms with Crippen molar-refractivity contribution in [3.63, 3.8) is 0 Å². The lowest BCUT2D eigenvalue weighted by atomic mass is 9.80. The van der Waals surface area contributed by atoms with E-state index in [2.05, 4.69) is 13.8 Å². The number of amides is 1. The van der Waals surface area contributed by atoms with Gasteiger partial charge in [-0.15, -0.1) is 0 Å². The molecule has 1 aromatic rings. The fourth-order valence-electron chi connectivity index (χ4n) is 4.01. The summed E-state index contributed by atoms with van der Waals surface area (Å²) in [5.41, 5.74) is 1.46. The molecule has 2 fully saturated rings. The van der Waals surface area contributed by atoms with E-state index in [9.17, 15) is 9.59 Å². The minimum Gasteiger partial charge on any atom is -0.444 e. The molecule has 0 N–H and O–H groups in total. The first-order chi connectivity index (χ1) is 12.7. The molecule has 2 saturated heterocycles. The Morgan fingerprint density at radius 3 is 2.11 bits per heavy atom. The number of fused-ring (bicyclic) bond motifs is 2. The van der Waals surface area contributed by atoms with Crippen LogP contribution in [0.5, 0.6) is 0 Å². The highest BCUT2D eigenvalue weighted by atomic mass is 16.6. The van der Waals surface area contributed by atoms with E-state index in [1.54, 1.807) is 4.90 Å². The van der Waals surface area contributed by atoms with Crippen LogP contribution in [-0.2, 0) is 9.47 Å². The minimum absolute atomic E-state index is 0.0764. The van der Waals surface area contributed by atoms with Crippen LogP contribution in [0.4, 0.5) is 4.79 Å². The predicted octanol–water partition coefficient (Wildman–Crippen LogP) is 4.41. The topological polar surface area (TPSA) is 55.8 Å². The Balaban J connectivity index is 1.72. The molecule has 5 nitrogen and oxygen atoms in total. The summed E-state index contributed by atoms with van der Waals surface area (Å²) in [5, 5.41) is 0. The van der Waals surface area contributed by atoms with Crippen molar-refractivity contribution in [2.45, 2.75) is 71.1 Å². The highest BCUT2D eigenvalue weighted by Gasteiger charge is 2.45. The molecule has 2 atom stereocenters. The van der Waals surface area contributed by atoms with E-state index >= 15 is 0 Å². The van der Waals surface area contributed by atoms with Gasteiger partial charge in [0.05, 0.1) is 25.3 Å². The average Bonchev–Trinajstić information content (AvgIpc) is 2.58. The van der Waals surface area contributed by atoms with Crippen molar-refractivity contribution in [3.05, 3.63) is 35.4 Å². The van der Waals surface area contributed by atoms with Crippen molar-refractivity contribution in [3.8, 4) is 0 Å². The number of carbonyl (C=O) groups excluding carboxylic acids is 2. The molecule has 0 aliphatic carbocycles. The molecule has 0 radical (unpaired) electrons. The van der Waals surface area contributed by atoms with Crippen LogP contribution in [-0.4, -0.2) is 47.7 Å². The highest BCUT2D eigenvalue weighted by molar-refractivity contribution is 5.98. The number of ether oxygens (including phenoxy) is 2. The van der Waals surface area contributed by atoms with Gasteiger partial charge in [-0.25, -0.2) is 4.79 Å². The Hall–Kier alpha value is -1.88. The monoisotopic (exact) mass is 373 g/mol. The molecule has 2 heterocycles. The number of piperidine rings is 1. The van der Waals surface area contributed by atoms with Crippen molar-refractivity contribution in [2.24, 2.45) is 5.92 Å². The lowest BCUT2D eigenvalue weighted by Gasteiger charge is -2.47. The smallest absolute Gasteiger partial charge is 0.410 e. The van der Waals surface area contributed by atoms with Crippen molar-refractivity contribution in [2.75, 3.05) is 13.2 Å². The summed E-state index contributed by atoms with van der Waals surface area (Å²) in [6.45, 7) is 10.8. The number of rotatable bonds is 3. The summed E-state index contributed by atoms with van der Waals surface area (Å²) in [7, 11) is 0. The number of ketones is 1. The molecule has 0 aromatic heterocycles. The van der Waals surface area contributed by atoms with E-state index in [0.29, 0.717) is 32.0 Å². The van der Waals surface area contributed by atoms with Gasteiger partial charge in [0, 0.05) is 11.5 Å². The Morgan fingerprint density at radius 1 is 1.07 bits per heavy atom. The molecule has 2 aliphatic rings. The van der Waals surface area contributed by atoms with Crippen LogP contribution in [0.25, 0.3) is 0 Å². The van der Waals surface area contributed by atoms with E-state index in [4.69, 9.17) is 9.47 Å². The van der Waals surface area contributed by atoms with Gasteiger partial charge < -0.3 is 9.47 Å². The van der Waals surface area contributed by atoms with Gasteiger partial charge in [0.15, 0.2) is 5.78 Å². The van der Waals surface area contributed by atoms with Gasteiger partial charge in [0.1, 0.15) is 5.60 Å². The number of hydrogen-bond acceptors (Lipinski definition) is 4. The number of morpholine rings is 1. The largest absolute Gasteiger partial charge is 0.444 e. The maximum Gasteiger partial charge on any atom is 0.410 e. The highest BCUT2D eigenvalue weighted by Crippen LogP contribution is 2.34.